The van der Waals surface area contributed by atoms with Crippen LogP contribution in [0.15, 0.2) is 0 Å². The van der Waals surface area contributed by atoms with E-state index in [1.165, 1.54) is 37.9 Å². The molecule has 1 aliphatic rings. The van der Waals surface area contributed by atoms with Crippen molar-refractivity contribution < 1.29 is 4.74 Å². The Bertz CT molecular complexity index is 144. The summed E-state index contributed by atoms with van der Waals surface area (Å²) in [4.78, 5) is 0. The maximum atomic E-state index is 5.64. The number of hydrogen-bond acceptors (Lipinski definition) is 3. The standard InChI is InChI=1S/C12H25NOS/c1-2-14-11(10-13)8-9-15-12-6-4-3-5-7-12/h11-12H,2-10,13H2,1H3. The van der Waals surface area contributed by atoms with Gasteiger partial charge in [-0.3, -0.25) is 0 Å². The van der Waals surface area contributed by atoms with Gasteiger partial charge in [0.25, 0.3) is 0 Å². The second kappa shape index (κ2) is 8.43. The van der Waals surface area contributed by atoms with Gasteiger partial charge < -0.3 is 10.5 Å². The van der Waals surface area contributed by atoms with Gasteiger partial charge in [-0.05, 0) is 31.9 Å². The number of rotatable bonds is 7. The smallest absolute Gasteiger partial charge is 0.0705 e. The predicted molar refractivity (Wildman–Crippen MR) is 68.4 cm³/mol. The monoisotopic (exact) mass is 231 g/mol. The summed E-state index contributed by atoms with van der Waals surface area (Å²) in [5.74, 6) is 1.21. The summed E-state index contributed by atoms with van der Waals surface area (Å²) in [7, 11) is 0. The fourth-order valence-electron chi connectivity index (χ4n) is 2.10. The van der Waals surface area contributed by atoms with Crippen molar-refractivity contribution in [1.29, 1.82) is 0 Å². The molecular weight excluding hydrogens is 206 g/mol. The molecule has 1 fully saturated rings. The summed E-state index contributed by atoms with van der Waals surface area (Å²) < 4.78 is 5.54. The first kappa shape index (κ1) is 13.3. The summed E-state index contributed by atoms with van der Waals surface area (Å²) in [5.41, 5.74) is 5.64. The number of hydrogen-bond donors (Lipinski definition) is 1. The van der Waals surface area contributed by atoms with Gasteiger partial charge in [-0.1, -0.05) is 19.3 Å². The van der Waals surface area contributed by atoms with Gasteiger partial charge in [0, 0.05) is 18.4 Å². The fourth-order valence-corrected chi connectivity index (χ4v) is 3.50. The fraction of sp³-hybridized carbons (Fsp3) is 1.00. The lowest BCUT2D eigenvalue weighted by Gasteiger charge is -2.22. The molecule has 0 bridgehead atoms. The minimum absolute atomic E-state index is 0.283. The quantitative estimate of drug-likeness (QED) is 0.732. The minimum atomic E-state index is 0.283. The molecule has 0 saturated heterocycles. The Morgan fingerprint density at radius 3 is 2.67 bits per heavy atom. The van der Waals surface area contributed by atoms with E-state index in [-0.39, 0.29) is 6.10 Å². The Morgan fingerprint density at radius 1 is 1.33 bits per heavy atom. The average molecular weight is 231 g/mol. The van der Waals surface area contributed by atoms with E-state index < -0.39 is 0 Å². The SMILES string of the molecule is CCOC(CN)CCSC1CCCCC1. The largest absolute Gasteiger partial charge is 0.377 e. The molecule has 1 aliphatic carbocycles. The van der Waals surface area contributed by atoms with Crippen LogP contribution < -0.4 is 5.73 Å². The lowest BCUT2D eigenvalue weighted by atomic mass is 10.0. The van der Waals surface area contributed by atoms with E-state index in [1.54, 1.807) is 0 Å². The van der Waals surface area contributed by atoms with Gasteiger partial charge in [-0.25, -0.2) is 0 Å². The molecule has 1 atom stereocenters. The van der Waals surface area contributed by atoms with Crippen molar-refractivity contribution in [3.63, 3.8) is 0 Å². The van der Waals surface area contributed by atoms with Crippen molar-refractivity contribution in [3.05, 3.63) is 0 Å². The average Bonchev–Trinajstić information content (AvgIpc) is 2.29. The molecular formula is C12H25NOS. The van der Waals surface area contributed by atoms with Crippen LogP contribution in [-0.2, 0) is 4.74 Å². The van der Waals surface area contributed by atoms with Crippen LogP contribution >= 0.6 is 11.8 Å². The zero-order valence-electron chi connectivity index (χ0n) is 9.91. The van der Waals surface area contributed by atoms with Crippen LogP contribution in [0.3, 0.4) is 0 Å². The molecule has 1 rings (SSSR count). The van der Waals surface area contributed by atoms with Crippen LogP contribution in [0.2, 0.25) is 0 Å². The van der Waals surface area contributed by atoms with E-state index in [1.807, 2.05) is 6.92 Å². The number of ether oxygens (including phenoxy) is 1. The third-order valence-electron chi connectivity index (χ3n) is 3.01. The second-order valence-electron chi connectivity index (χ2n) is 4.23. The molecule has 0 aromatic rings. The van der Waals surface area contributed by atoms with E-state index in [4.69, 9.17) is 10.5 Å². The first-order valence-electron chi connectivity index (χ1n) is 6.30. The first-order valence-corrected chi connectivity index (χ1v) is 7.35. The molecule has 3 heteroatoms. The summed E-state index contributed by atoms with van der Waals surface area (Å²) in [5, 5.41) is 0.916. The van der Waals surface area contributed by atoms with Crippen molar-refractivity contribution in [1.82, 2.24) is 0 Å². The Balaban J connectivity index is 2.03. The minimum Gasteiger partial charge on any atom is -0.377 e. The van der Waals surface area contributed by atoms with Crippen molar-refractivity contribution >= 4 is 11.8 Å². The maximum Gasteiger partial charge on any atom is 0.0705 e. The molecule has 15 heavy (non-hydrogen) atoms. The lowest BCUT2D eigenvalue weighted by molar-refractivity contribution is 0.0674. The van der Waals surface area contributed by atoms with E-state index in [2.05, 4.69) is 11.8 Å². The molecule has 90 valence electrons. The first-order chi connectivity index (χ1) is 7.36. The topological polar surface area (TPSA) is 35.2 Å². The van der Waals surface area contributed by atoms with Crippen LogP contribution in [0.1, 0.15) is 45.4 Å². The summed E-state index contributed by atoms with van der Waals surface area (Å²) in [6.45, 7) is 3.49. The molecule has 0 amide bonds. The molecule has 0 spiro atoms. The summed E-state index contributed by atoms with van der Waals surface area (Å²) >= 11 is 2.13. The van der Waals surface area contributed by atoms with Crippen molar-refractivity contribution in [2.24, 2.45) is 5.73 Å². The maximum absolute atomic E-state index is 5.64. The third-order valence-corrected chi connectivity index (χ3v) is 4.43. The molecule has 0 aliphatic heterocycles. The highest BCUT2D eigenvalue weighted by Gasteiger charge is 2.14. The summed E-state index contributed by atoms with van der Waals surface area (Å²) in [6, 6.07) is 0. The van der Waals surface area contributed by atoms with Crippen molar-refractivity contribution in [3.8, 4) is 0 Å². The van der Waals surface area contributed by atoms with Crippen molar-refractivity contribution in [2.75, 3.05) is 18.9 Å². The predicted octanol–water partition coefficient (Wildman–Crippen LogP) is 2.81. The second-order valence-corrected chi connectivity index (χ2v) is 5.64. The van der Waals surface area contributed by atoms with Gasteiger partial charge in [0.1, 0.15) is 0 Å². The normalized spacial score (nSPS) is 20.4. The molecule has 0 aromatic carbocycles. The van der Waals surface area contributed by atoms with Gasteiger partial charge in [0.15, 0.2) is 0 Å². The third kappa shape index (κ3) is 5.79. The van der Waals surface area contributed by atoms with Gasteiger partial charge in [0.05, 0.1) is 6.10 Å². The van der Waals surface area contributed by atoms with Gasteiger partial charge in [-0.2, -0.15) is 11.8 Å². The lowest BCUT2D eigenvalue weighted by Crippen LogP contribution is -2.24. The zero-order valence-corrected chi connectivity index (χ0v) is 10.7. The molecule has 0 aromatic heterocycles. The van der Waals surface area contributed by atoms with E-state index in [0.717, 1.165) is 18.3 Å². The Morgan fingerprint density at radius 2 is 2.07 bits per heavy atom. The van der Waals surface area contributed by atoms with E-state index in [0.29, 0.717) is 6.54 Å². The highest BCUT2D eigenvalue weighted by Crippen LogP contribution is 2.28. The van der Waals surface area contributed by atoms with Crippen LogP contribution in [0.4, 0.5) is 0 Å². The Kier molecular flexibility index (Phi) is 7.49. The van der Waals surface area contributed by atoms with E-state index >= 15 is 0 Å². The Labute approximate surface area is 98.3 Å². The number of nitrogens with two attached hydrogens (primary N) is 1. The van der Waals surface area contributed by atoms with E-state index in [9.17, 15) is 0 Å². The van der Waals surface area contributed by atoms with Gasteiger partial charge in [-0.15, -0.1) is 0 Å². The van der Waals surface area contributed by atoms with Crippen LogP contribution in [0.25, 0.3) is 0 Å². The molecule has 1 saturated carbocycles. The highest BCUT2D eigenvalue weighted by molar-refractivity contribution is 7.99. The van der Waals surface area contributed by atoms with Crippen molar-refractivity contribution in [2.45, 2.75) is 56.8 Å². The molecule has 1 unspecified atom stereocenters. The molecule has 2 N–H and O–H groups in total. The summed E-state index contributed by atoms with van der Waals surface area (Å²) in [6.07, 6.45) is 8.56. The van der Waals surface area contributed by atoms with Crippen LogP contribution in [0, 0.1) is 0 Å². The molecule has 0 radical (unpaired) electrons. The highest BCUT2D eigenvalue weighted by atomic mass is 32.2. The Hall–Kier alpha value is 0.270. The zero-order chi connectivity index (χ0) is 10.9. The van der Waals surface area contributed by atoms with Crippen LogP contribution in [-0.4, -0.2) is 30.3 Å². The van der Waals surface area contributed by atoms with Gasteiger partial charge >= 0.3 is 0 Å². The molecule has 2 nitrogen and oxygen atoms in total. The van der Waals surface area contributed by atoms with Gasteiger partial charge in [0.2, 0.25) is 0 Å². The molecule has 0 heterocycles. The number of thioether (sulfide) groups is 1. The van der Waals surface area contributed by atoms with Crippen LogP contribution in [0.5, 0.6) is 0 Å².